The van der Waals surface area contributed by atoms with E-state index in [4.69, 9.17) is 16.3 Å². The summed E-state index contributed by atoms with van der Waals surface area (Å²) in [5.41, 5.74) is 3.45. The number of benzene rings is 2. The lowest BCUT2D eigenvalue weighted by Crippen LogP contribution is -2.09. The molecule has 0 saturated heterocycles. The molecule has 0 radical (unpaired) electrons. The Kier molecular flexibility index (Phi) is 5.16. The molecule has 4 heteroatoms. The predicted octanol–water partition coefficient (Wildman–Crippen LogP) is 5.43. The van der Waals surface area contributed by atoms with E-state index in [1.165, 1.54) is 5.56 Å². The number of rotatable bonds is 4. The number of hydrogen-bond donors (Lipinski definition) is 1. The van der Waals surface area contributed by atoms with E-state index in [1.807, 2.05) is 24.3 Å². The zero-order valence-corrected chi connectivity index (χ0v) is 14.6. The first kappa shape index (κ1) is 15.4. The molecule has 1 atom stereocenters. The maximum atomic E-state index is 5.99. The molecule has 2 aromatic carbocycles. The molecule has 0 aromatic heterocycles. The molecule has 0 spiro atoms. The van der Waals surface area contributed by atoms with E-state index in [0.29, 0.717) is 0 Å². The maximum Gasteiger partial charge on any atom is 0.124 e. The second-order valence-electron chi connectivity index (χ2n) is 4.74. The average Bonchev–Trinajstić information content (AvgIpc) is 2.41. The zero-order valence-electron chi connectivity index (χ0n) is 11.7. The van der Waals surface area contributed by atoms with Gasteiger partial charge in [-0.1, -0.05) is 29.3 Å². The SMILES string of the molecule is COc1ccc(C)cc1C(C)Nc1ccc(Cl)cc1I. The summed E-state index contributed by atoms with van der Waals surface area (Å²) in [6.07, 6.45) is 0. The molecule has 1 N–H and O–H groups in total. The van der Waals surface area contributed by atoms with Gasteiger partial charge in [-0.3, -0.25) is 0 Å². The number of hydrogen-bond acceptors (Lipinski definition) is 2. The van der Waals surface area contributed by atoms with Crippen LogP contribution in [-0.4, -0.2) is 7.11 Å². The summed E-state index contributed by atoms with van der Waals surface area (Å²) >= 11 is 8.27. The molecular formula is C16H17ClINO. The molecule has 0 heterocycles. The Morgan fingerprint density at radius 3 is 2.60 bits per heavy atom. The maximum absolute atomic E-state index is 5.99. The summed E-state index contributed by atoms with van der Waals surface area (Å²) in [5, 5.41) is 4.26. The average molecular weight is 402 g/mol. The molecule has 106 valence electrons. The van der Waals surface area contributed by atoms with Gasteiger partial charge in [0.1, 0.15) is 5.75 Å². The van der Waals surface area contributed by atoms with Crippen molar-refractivity contribution in [2.45, 2.75) is 19.9 Å². The van der Waals surface area contributed by atoms with Gasteiger partial charge < -0.3 is 10.1 Å². The quantitative estimate of drug-likeness (QED) is 0.689. The van der Waals surface area contributed by atoms with Crippen molar-refractivity contribution in [2.24, 2.45) is 0 Å². The van der Waals surface area contributed by atoms with Gasteiger partial charge in [0, 0.05) is 19.8 Å². The number of methoxy groups -OCH3 is 1. The molecule has 1 unspecified atom stereocenters. The van der Waals surface area contributed by atoms with Crippen LogP contribution in [0.1, 0.15) is 24.1 Å². The van der Waals surface area contributed by atoms with E-state index in [0.717, 1.165) is 25.6 Å². The first-order valence-corrected chi connectivity index (χ1v) is 7.83. The predicted molar refractivity (Wildman–Crippen MR) is 93.9 cm³/mol. The molecular weight excluding hydrogens is 385 g/mol. The van der Waals surface area contributed by atoms with E-state index in [1.54, 1.807) is 7.11 Å². The molecule has 0 amide bonds. The minimum Gasteiger partial charge on any atom is -0.496 e. The Morgan fingerprint density at radius 2 is 1.95 bits per heavy atom. The van der Waals surface area contributed by atoms with Crippen LogP contribution in [0.5, 0.6) is 5.75 Å². The van der Waals surface area contributed by atoms with Gasteiger partial charge in [0.15, 0.2) is 0 Å². The molecule has 0 aliphatic heterocycles. The fourth-order valence-corrected chi connectivity index (χ4v) is 3.14. The van der Waals surface area contributed by atoms with Crippen LogP contribution in [-0.2, 0) is 0 Å². The monoisotopic (exact) mass is 401 g/mol. The Morgan fingerprint density at radius 1 is 1.20 bits per heavy atom. The van der Waals surface area contributed by atoms with Gasteiger partial charge in [0.05, 0.1) is 13.2 Å². The third kappa shape index (κ3) is 3.58. The molecule has 2 nitrogen and oxygen atoms in total. The highest BCUT2D eigenvalue weighted by atomic mass is 127. The normalized spacial score (nSPS) is 12.1. The standard InChI is InChI=1S/C16H17ClINO/c1-10-4-7-16(20-3)13(8-10)11(2)19-15-6-5-12(17)9-14(15)18/h4-9,11,19H,1-3H3. The number of ether oxygens (including phenoxy) is 1. The van der Waals surface area contributed by atoms with Gasteiger partial charge in [-0.25, -0.2) is 0 Å². The minimum atomic E-state index is 0.152. The lowest BCUT2D eigenvalue weighted by atomic mass is 10.0. The third-order valence-electron chi connectivity index (χ3n) is 3.15. The van der Waals surface area contributed by atoms with Gasteiger partial charge in [-0.2, -0.15) is 0 Å². The summed E-state index contributed by atoms with van der Waals surface area (Å²) in [4.78, 5) is 0. The smallest absolute Gasteiger partial charge is 0.124 e. The molecule has 2 rings (SSSR count). The lowest BCUT2D eigenvalue weighted by Gasteiger charge is -2.20. The van der Waals surface area contributed by atoms with Gasteiger partial charge in [0.25, 0.3) is 0 Å². The first-order valence-electron chi connectivity index (χ1n) is 6.37. The van der Waals surface area contributed by atoms with Crippen molar-refractivity contribution in [1.82, 2.24) is 0 Å². The van der Waals surface area contributed by atoms with Crippen molar-refractivity contribution in [1.29, 1.82) is 0 Å². The largest absolute Gasteiger partial charge is 0.496 e. The van der Waals surface area contributed by atoms with Gasteiger partial charge in [-0.15, -0.1) is 0 Å². The molecule has 0 aliphatic carbocycles. The Hall–Kier alpha value is -0.940. The topological polar surface area (TPSA) is 21.3 Å². The van der Waals surface area contributed by atoms with E-state index < -0.39 is 0 Å². The van der Waals surface area contributed by atoms with Crippen molar-refractivity contribution >= 4 is 39.9 Å². The van der Waals surface area contributed by atoms with Crippen LogP contribution in [0.2, 0.25) is 5.02 Å². The van der Waals surface area contributed by atoms with E-state index in [9.17, 15) is 0 Å². The van der Waals surface area contributed by atoms with Crippen LogP contribution in [0.4, 0.5) is 5.69 Å². The summed E-state index contributed by atoms with van der Waals surface area (Å²) in [6.45, 7) is 4.21. The third-order valence-corrected chi connectivity index (χ3v) is 4.28. The van der Waals surface area contributed by atoms with Crippen LogP contribution in [0.15, 0.2) is 36.4 Å². The summed E-state index contributed by atoms with van der Waals surface area (Å²) in [7, 11) is 1.70. The second-order valence-corrected chi connectivity index (χ2v) is 6.33. The summed E-state index contributed by atoms with van der Waals surface area (Å²) < 4.78 is 6.55. The molecule has 0 aliphatic rings. The van der Waals surface area contributed by atoms with Gasteiger partial charge in [0.2, 0.25) is 0 Å². The van der Waals surface area contributed by atoms with Crippen molar-refractivity contribution in [3.05, 3.63) is 56.1 Å². The van der Waals surface area contributed by atoms with Crippen LogP contribution >= 0.6 is 34.2 Å². The van der Waals surface area contributed by atoms with Crippen molar-refractivity contribution in [3.63, 3.8) is 0 Å². The first-order chi connectivity index (χ1) is 9.51. The molecule has 0 bridgehead atoms. The number of aryl methyl sites for hydroxylation is 1. The van der Waals surface area contributed by atoms with Crippen LogP contribution in [0.25, 0.3) is 0 Å². The Labute approximate surface area is 138 Å². The van der Waals surface area contributed by atoms with Gasteiger partial charge >= 0.3 is 0 Å². The molecule has 20 heavy (non-hydrogen) atoms. The number of nitrogens with one attached hydrogen (secondary N) is 1. The summed E-state index contributed by atoms with van der Waals surface area (Å²) in [5.74, 6) is 0.902. The number of halogens is 2. The molecule has 2 aromatic rings. The van der Waals surface area contributed by atoms with Gasteiger partial charge in [-0.05, 0) is 60.7 Å². The summed E-state index contributed by atoms with van der Waals surface area (Å²) in [6, 6.07) is 12.2. The molecule has 0 saturated carbocycles. The number of anilines is 1. The van der Waals surface area contributed by atoms with Crippen LogP contribution in [0.3, 0.4) is 0 Å². The van der Waals surface area contributed by atoms with Crippen LogP contribution in [0, 0.1) is 10.5 Å². The highest BCUT2D eigenvalue weighted by Gasteiger charge is 2.13. The fraction of sp³-hybridized carbons (Fsp3) is 0.250. The zero-order chi connectivity index (χ0) is 14.7. The highest BCUT2D eigenvalue weighted by molar-refractivity contribution is 14.1. The lowest BCUT2D eigenvalue weighted by molar-refractivity contribution is 0.408. The van der Waals surface area contributed by atoms with E-state index in [2.05, 4.69) is 53.9 Å². The fourth-order valence-electron chi connectivity index (χ4n) is 2.11. The Bertz CT molecular complexity index is 615. The van der Waals surface area contributed by atoms with Crippen LogP contribution < -0.4 is 10.1 Å². The molecule has 0 fully saturated rings. The van der Waals surface area contributed by atoms with Crippen molar-refractivity contribution < 1.29 is 4.74 Å². The second kappa shape index (κ2) is 6.68. The van der Waals surface area contributed by atoms with Crippen molar-refractivity contribution in [2.75, 3.05) is 12.4 Å². The minimum absolute atomic E-state index is 0.152. The van der Waals surface area contributed by atoms with E-state index in [-0.39, 0.29) is 6.04 Å². The van der Waals surface area contributed by atoms with E-state index >= 15 is 0 Å². The van der Waals surface area contributed by atoms with Crippen molar-refractivity contribution in [3.8, 4) is 5.75 Å². The Balaban J connectivity index is 2.27. The highest BCUT2D eigenvalue weighted by Crippen LogP contribution is 2.31.